The summed E-state index contributed by atoms with van der Waals surface area (Å²) in [5, 5.41) is 3.31. The summed E-state index contributed by atoms with van der Waals surface area (Å²) in [6, 6.07) is 0. The number of hydrogen-bond acceptors (Lipinski definition) is 2. The van der Waals surface area contributed by atoms with Crippen molar-refractivity contribution in [1.82, 2.24) is 15.3 Å². The van der Waals surface area contributed by atoms with Gasteiger partial charge in [0, 0.05) is 24.4 Å². The van der Waals surface area contributed by atoms with Crippen molar-refractivity contribution < 1.29 is 0 Å². The van der Waals surface area contributed by atoms with E-state index in [9.17, 15) is 0 Å². The van der Waals surface area contributed by atoms with Crippen molar-refractivity contribution in [3.8, 4) is 0 Å². The second-order valence-electron chi connectivity index (χ2n) is 4.05. The van der Waals surface area contributed by atoms with E-state index >= 15 is 0 Å². The molecular weight excluding hydrogens is 186 g/mol. The van der Waals surface area contributed by atoms with Crippen molar-refractivity contribution in [3.63, 3.8) is 0 Å². The minimum absolute atomic E-state index is 0.669. The first-order valence-corrected chi connectivity index (χ1v) is 6.07. The van der Waals surface area contributed by atoms with Gasteiger partial charge in [0.1, 0.15) is 0 Å². The van der Waals surface area contributed by atoms with Crippen LogP contribution in [0.2, 0.25) is 0 Å². The first-order valence-electron chi connectivity index (χ1n) is 6.07. The molecule has 1 saturated heterocycles. The van der Waals surface area contributed by atoms with Gasteiger partial charge in [-0.15, -0.1) is 0 Å². The summed E-state index contributed by atoms with van der Waals surface area (Å²) in [6.07, 6.45) is 8.97. The largest absolute Gasteiger partial charge is 0.348 e. The fourth-order valence-corrected chi connectivity index (χ4v) is 1.76. The molecule has 1 aromatic heterocycles. The molecule has 1 fully saturated rings. The number of rotatable bonds is 3. The Morgan fingerprint density at radius 1 is 1.40 bits per heavy atom. The molecular formula is C12H23N3. The predicted molar refractivity (Wildman–Crippen MR) is 64.0 cm³/mol. The van der Waals surface area contributed by atoms with Gasteiger partial charge in [-0.2, -0.15) is 0 Å². The van der Waals surface area contributed by atoms with Crippen LogP contribution in [0.3, 0.4) is 0 Å². The van der Waals surface area contributed by atoms with E-state index in [1.54, 1.807) is 6.33 Å². The molecule has 0 aliphatic carbocycles. The molecule has 3 nitrogen and oxygen atoms in total. The van der Waals surface area contributed by atoms with Crippen molar-refractivity contribution in [3.05, 3.63) is 18.2 Å². The number of hydrogen-bond donors (Lipinski definition) is 2. The second kappa shape index (κ2) is 7.46. The number of unbranched alkanes of at least 4 members (excludes halogenated alkanes) is 2. The van der Waals surface area contributed by atoms with Crippen LogP contribution in [0, 0.1) is 0 Å². The van der Waals surface area contributed by atoms with Crippen molar-refractivity contribution in [2.24, 2.45) is 0 Å². The van der Waals surface area contributed by atoms with Crippen LogP contribution in [0.15, 0.2) is 12.5 Å². The van der Waals surface area contributed by atoms with Crippen LogP contribution < -0.4 is 5.32 Å². The van der Waals surface area contributed by atoms with Gasteiger partial charge in [0.05, 0.1) is 6.33 Å². The van der Waals surface area contributed by atoms with Gasteiger partial charge in [-0.05, 0) is 13.0 Å². The Labute approximate surface area is 92.7 Å². The van der Waals surface area contributed by atoms with E-state index in [0.29, 0.717) is 5.92 Å². The van der Waals surface area contributed by atoms with Crippen LogP contribution >= 0.6 is 0 Å². The lowest BCUT2D eigenvalue weighted by Gasteiger charge is -2.02. The van der Waals surface area contributed by atoms with Gasteiger partial charge in [0.2, 0.25) is 0 Å². The number of nitrogens with zero attached hydrogens (tertiary/aromatic N) is 1. The maximum absolute atomic E-state index is 3.98. The van der Waals surface area contributed by atoms with Crippen LogP contribution in [0.1, 0.15) is 51.1 Å². The minimum atomic E-state index is 0.669. The highest BCUT2D eigenvalue weighted by atomic mass is 14.9. The third-order valence-electron chi connectivity index (χ3n) is 2.73. The molecule has 0 saturated carbocycles. The van der Waals surface area contributed by atoms with E-state index in [-0.39, 0.29) is 0 Å². The quantitative estimate of drug-likeness (QED) is 0.803. The van der Waals surface area contributed by atoms with Crippen LogP contribution in [0.25, 0.3) is 0 Å². The van der Waals surface area contributed by atoms with Crippen LogP contribution in [0.4, 0.5) is 0 Å². The Kier molecular flexibility index (Phi) is 6.09. The fourth-order valence-electron chi connectivity index (χ4n) is 1.76. The Morgan fingerprint density at radius 2 is 2.20 bits per heavy atom. The molecule has 1 atom stereocenters. The maximum Gasteiger partial charge on any atom is 0.0921 e. The van der Waals surface area contributed by atoms with Gasteiger partial charge in [0.25, 0.3) is 0 Å². The highest BCUT2D eigenvalue weighted by Crippen LogP contribution is 2.18. The molecule has 0 spiro atoms. The molecule has 3 heteroatoms. The molecule has 0 bridgehead atoms. The maximum atomic E-state index is 3.98. The Balaban J connectivity index is 0.000000195. The Bertz CT molecular complexity index is 223. The third kappa shape index (κ3) is 4.47. The monoisotopic (exact) mass is 209 g/mol. The smallest absolute Gasteiger partial charge is 0.0921 e. The summed E-state index contributed by atoms with van der Waals surface area (Å²) in [4.78, 5) is 7.11. The van der Waals surface area contributed by atoms with Gasteiger partial charge < -0.3 is 10.3 Å². The fraction of sp³-hybridized carbons (Fsp3) is 0.750. The molecule has 15 heavy (non-hydrogen) atoms. The second-order valence-corrected chi connectivity index (χ2v) is 4.05. The lowest BCUT2D eigenvalue weighted by molar-refractivity contribution is 0.741. The lowest BCUT2D eigenvalue weighted by atomic mass is 10.1. The van der Waals surface area contributed by atoms with E-state index in [1.807, 2.05) is 6.20 Å². The zero-order valence-electron chi connectivity index (χ0n) is 9.92. The number of aromatic amines is 1. The van der Waals surface area contributed by atoms with Crippen molar-refractivity contribution in [1.29, 1.82) is 0 Å². The summed E-state index contributed by atoms with van der Waals surface area (Å²) in [7, 11) is 0. The van der Waals surface area contributed by atoms with Gasteiger partial charge in [-0.25, -0.2) is 4.98 Å². The van der Waals surface area contributed by atoms with Crippen molar-refractivity contribution >= 4 is 0 Å². The normalized spacial score (nSPS) is 19.7. The highest BCUT2D eigenvalue weighted by molar-refractivity contribution is 5.06. The summed E-state index contributed by atoms with van der Waals surface area (Å²) in [5.74, 6) is 0.669. The first kappa shape index (κ1) is 12.2. The molecule has 2 rings (SSSR count). The Hall–Kier alpha value is -0.830. The molecule has 0 amide bonds. The highest BCUT2D eigenvalue weighted by Gasteiger charge is 2.16. The molecule has 0 aromatic carbocycles. The first-order chi connectivity index (χ1) is 7.38. The Morgan fingerprint density at radius 3 is 2.60 bits per heavy atom. The topological polar surface area (TPSA) is 40.7 Å². The molecule has 2 N–H and O–H groups in total. The van der Waals surface area contributed by atoms with E-state index in [4.69, 9.17) is 0 Å². The molecule has 1 aromatic rings. The molecule has 0 radical (unpaired) electrons. The van der Waals surface area contributed by atoms with Gasteiger partial charge in [0.15, 0.2) is 0 Å². The summed E-state index contributed by atoms with van der Waals surface area (Å²) in [5.41, 5.74) is 1.27. The van der Waals surface area contributed by atoms with E-state index in [0.717, 1.165) is 13.1 Å². The molecule has 1 aliphatic rings. The average molecular weight is 209 g/mol. The number of H-pyrrole nitrogens is 1. The van der Waals surface area contributed by atoms with Crippen LogP contribution in [-0.2, 0) is 0 Å². The van der Waals surface area contributed by atoms with Crippen LogP contribution in [0.5, 0.6) is 0 Å². The van der Waals surface area contributed by atoms with Crippen LogP contribution in [-0.4, -0.2) is 23.1 Å². The van der Waals surface area contributed by atoms with E-state index < -0.39 is 0 Å². The minimum Gasteiger partial charge on any atom is -0.348 e. The SMILES string of the molecule is CCCCC.c1ncc(C2CCNC2)[nH]1. The van der Waals surface area contributed by atoms with E-state index in [2.05, 4.69) is 29.1 Å². The van der Waals surface area contributed by atoms with Gasteiger partial charge >= 0.3 is 0 Å². The average Bonchev–Trinajstić information content (AvgIpc) is 2.93. The number of nitrogens with one attached hydrogen (secondary N) is 2. The molecule has 1 aliphatic heterocycles. The standard InChI is InChI=1S/C7H11N3.C5H12/c1-2-8-3-6(1)7-4-9-5-10-7;1-3-5-4-2/h4-6,8H,1-3H2,(H,9,10);3-5H2,1-2H3. The summed E-state index contributed by atoms with van der Waals surface area (Å²) < 4.78 is 0. The van der Waals surface area contributed by atoms with Gasteiger partial charge in [-0.3, -0.25) is 0 Å². The predicted octanol–water partition coefficient (Wildman–Crippen LogP) is 2.68. The zero-order chi connectivity index (χ0) is 10.9. The molecule has 86 valence electrons. The number of aromatic nitrogens is 2. The summed E-state index contributed by atoms with van der Waals surface area (Å²) in [6.45, 7) is 6.67. The van der Waals surface area contributed by atoms with E-state index in [1.165, 1.54) is 31.4 Å². The summed E-state index contributed by atoms with van der Waals surface area (Å²) >= 11 is 0. The van der Waals surface area contributed by atoms with Crippen molar-refractivity contribution in [2.75, 3.05) is 13.1 Å². The zero-order valence-corrected chi connectivity index (χ0v) is 9.92. The number of imidazole rings is 1. The molecule has 2 heterocycles. The lowest BCUT2D eigenvalue weighted by Crippen LogP contribution is -2.07. The van der Waals surface area contributed by atoms with Gasteiger partial charge in [-0.1, -0.05) is 33.1 Å². The molecule has 1 unspecified atom stereocenters. The third-order valence-corrected chi connectivity index (χ3v) is 2.73. The van der Waals surface area contributed by atoms with Crippen molar-refractivity contribution in [2.45, 2.75) is 45.4 Å².